The van der Waals surface area contributed by atoms with Crippen LogP contribution in [0.2, 0.25) is 0 Å². The average Bonchev–Trinajstić information content (AvgIpc) is 2.82. The minimum absolute atomic E-state index is 0.0374. The first-order valence-corrected chi connectivity index (χ1v) is 10.3. The van der Waals surface area contributed by atoms with E-state index in [2.05, 4.69) is 45.6 Å². The van der Waals surface area contributed by atoms with E-state index in [1.165, 1.54) is 19.3 Å². The molecule has 2 saturated carbocycles. The molecule has 1 saturated heterocycles. The van der Waals surface area contributed by atoms with Gasteiger partial charge in [0.15, 0.2) is 6.29 Å². The number of halogens is 1. The third-order valence-electron chi connectivity index (χ3n) is 6.72. The molecular formula is C20H28BrNO3. The third-order valence-corrected chi connectivity index (χ3v) is 7.27. The van der Waals surface area contributed by atoms with Gasteiger partial charge in [0, 0.05) is 22.6 Å². The molecule has 0 amide bonds. The number of rotatable bonds is 2. The molecule has 7 atom stereocenters. The average molecular weight is 410 g/mol. The van der Waals surface area contributed by atoms with Crippen LogP contribution < -0.4 is 5.32 Å². The van der Waals surface area contributed by atoms with E-state index in [1.54, 1.807) is 0 Å². The Bertz CT molecular complexity index is 616. The summed E-state index contributed by atoms with van der Waals surface area (Å²) < 4.78 is 6.82. The number of aliphatic hydroxyl groups is 2. The lowest BCUT2D eigenvalue weighted by Gasteiger charge is -2.50. The second-order valence-electron chi connectivity index (χ2n) is 8.15. The summed E-state index contributed by atoms with van der Waals surface area (Å²) in [5.74, 6) is 1.27. The van der Waals surface area contributed by atoms with Crippen molar-refractivity contribution < 1.29 is 14.9 Å². The summed E-state index contributed by atoms with van der Waals surface area (Å²) in [6.07, 6.45) is 12.9. The van der Waals surface area contributed by atoms with Gasteiger partial charge in [-0.1, -0.05) is 41.3 Å². The summed E-state index contributed by atoms with van der Waals surface area (Å²) in [5.41, 5.74) is -0.0127. The highest BCUT2D eigenvalue weighted by Crippen LogP contribution is 2.56. The van der Waals surface area contributed by atoms with E-state index >= 15 is 0 Å². The first-order chi connectivity index (χ1) is 12.0. The van der Waals surface area contributed by atoms with Crippen molar-refractivity contribution in [2.75, 3.05) is 6.54 Å². The zero-order chi connectivity index (χ0) is 17.6. The van der Waals surface area contributed by atoms with Gasteiger partial charge in [0.2, 0.25) is 0 Å². The van der Waals surface area contributed by atoms with Gasteiger partial charge in [-0.05, 0) is 55.7 Å². The molecule has 2 aliphatic carbocycles. The molecular weight excluding hydrogens is 382 g/mol. The number of hydrogen-bond donors (Lipinski definition) is 3. The Morgan fingerprint density at radius 3 is 2.88 bits per heavy atom. The van der Waals surface area contributed by atoms with E-state index in [1.807, 2.05) is 6.92 Å². The molecule has 3 unspecified atom stereocenters. The zero-order valence-electron chi connectivity index (χ0n) is 14.7. The minimum atomic E-state index is -1.11. The van der Waals surface area contributed by atoms with Crippen LogP contribution in [0.25, 0.3) is 0 Å². The SMILES string of the molecule is C[C@H]1OC(O)[C@]2(O)C[C@@H]3CCCCC3C(/C=C/C3=CC=C(Br)CN3)[C@H]12. The molecule has 0 aromatic carbocycles. The number of nitrogens with one attached hydrogen (secondary N) is 1. The molecule has 4 rings (SSSR count). The fourth-order valence-corrected chi connectivity index (χ4v) is 5.89. The van der Waals surface area contributed by atoms with E-state index in [0.717, 1.165) is 23.1 Å². The summed E-state index contributed by atoms with van der Waals surface area (Å²) in [6, 6.07) is 0. The molecule has 3 N–H and O–H groups in total. The maximum Gasteiger partial charge on any atom is 0.184 e. The number of allylic oxidation sites excluding steroid dienone is 4. The van der Waals surface area contributed by atoms with Crippen LogP contribution >= 0.6 is 15.9 Å². The summed E-state index contributed by atoms with van der Waals surface area (Å²) in [5, 5.41) is 25.0. The fourth-order valence-electron chi connectivity index (χ4n) is 5.62. The lowest BCUT2D eigenvalue weighted by atomic mass is 9.55. The Morgan fingerprint density at radius 1 is 1.32 bits per heavy atom. The van der Waals surface area contributed by atoms with Crippen LogP contribution in [0.5, 0.6) is 0 Å². The summed E-state index contributed by atoms with van der Waals surface area (Å²) in [4.78, 5) is 0. The van der Waals surface area contributed by atoms with E-state index in [0.29, 0.717) is 18.3 Å². The Morgan fingerprint density at radius 2 is 2.12 bits per heavy atom. The van der Waals surface area contributed by atoms with E-state index in [4.69, 9.17) is 4.74 Å². The van der Waals surface area contributed by atoms with E-state index in [-0.39, 0.29) is 17.9 Å². The quantitative estimate of drug-likeness (QED) is 0.654. The predicted octanol–water partition coefficient (Wildman–Crippen LogP) is 3.22. The summed E-state index contributed by atoms with van der Waals surface area (Å²) >= 11 is 3.50. The molecule has 2 aliphatic heterocycles. The van der Waals surface area contributed by atoms with Gasteiger partial charge in [0.05, 0.1) is 6.10 Å². The van der Waals surface area contributed by atoms with Gasteiger partial charge in [0.1, 0.15) is 5.60 Å². The molecule has 0 aromatic heterocycles. The van der Waals surface area contributed by atoms with Crippen LogP contribution in [0.15, 0.2) is 34.5 Å². The molecule has 4 nitrogen and oxygen atoms in total. The number of aliphatic hydroxyl groups excluding tert-OH is 1. The van der Waals surface area contributed by atoms with Crippen LogP contribution in [-0.2, 0) is 4.74 Å². The van der Waals surface area contributed by atoms with Crippen molar-refractivity contribution in [3.05, 3.63) is 34.5 Å². The molecule has 0 radical (unpaired) electrons. The Balaban J connectivity index is 1.64. The molecule has 5 heteroatoms. The van der Waals surface area contributed by atoms with Crippen LogP contribution in [0.3, 0.4) is 0 Å². The highest BCUT2D eigenvalue weighted by atomic mass is 79.9. The van der Waals surface area contributed by atoms with Crippen LogP contribution in [-0.4, -0.2) is 34.8 Å². The molecule has 2 heterocycles. The smallest absolute Gasteiger partial charge is 0.184 e. The second-order valence-corrected chi connectivity index (χ2v) is 9.17. The van der Waals surface area contributed by atoms with Gasteiger partial charge in [-0.25, -0.2) is 0 Å². The van der Waals surface area contributed by atoms with Crippen LogP contribution in [0.1, 0.15) is 39.0 Å². The van der Waals surface area contributed by atoms with Gasteiger partial charge in [0.25, 0.3) is 0 Å². The number of fused-ring (bicyclic) bond motifs is 2. The van der Waals surface area contributed by atoms with Gasteiger partial charge >= 0.3 is 0 Å². The van der Waals surface area contributed by atoms with Crippen molar-refractivity contribution in [1.29, 1.82) is 0 Å². The van der Waals surface area contributed by atoms with Crippen molar-refractivity contribution in [1.82, 2.24) is 5.32 Å². The number of ether oxygens (including phenoxy) is 1. The minimum Gasteiger partial charge on any atom is -0.384 e. The lowest BCUT2D eigenvalue weighted by Crippen LogP contribution is -2.55. The molecule has 3 fully saturated rings. The highest BCUT2D eigenvalue weighted by molar-refractivity contribution is 9.11. The topological polar surface area (TPSA) is 61.7 Å². The fraction of sp³-hybridized carbons (Fsp3) is 0.700. The van der Waals surface area contributed by atoms with Gasteiger partial charge in [-0.2, -0.15) is 0 Å². The van der Waals surface area contributed by atoms with E-state index < -0.39 is 11.9 Å². The van der Waals surface area contributed by atoms with Crippen molar-refractivity contribution in [3.8, 4) is 0 Å². The van der Waals surface area contributed by atoms with Gasteiger partial charge in [-0.15, -0.1) is 0 Å². The molecule has 25 heavy (non-hydrogen) atoms. The maximum atomic E-state index is 11.3. The predicted molar refractivity (Wildman–Crippen MR) is 101 cm³/mol. The molecule has 138 valence electrons. The van der Waals surface area contributed by atoms with Gasteiger partial charge < -0.3 is 20.3 Å². The van der Waals surface area contributed by atoms with Crippen molar-refractivity contribution in [3.63, 3.8) is 0 Å². The van der Waals surface area contributed by atoms with Gasteiger partial charge in [-0.3, -0.25) is 0 Å². The Kier molecular flexibility index (Phi) is 4.86. The monoisotopic (exact) mass is 409 g/mol. The molecule has 0 bridgehead atoms. The largest absolute Gasteiger partial charge is 0.384 e. The Hall–Kier alpha value is -0.620. The maximum absolute atomic E-state index is 11.3. The normalized spacial score (nSPS) is 46.9. The van der Waals surface area contributed by atoms with E-state index in [9.17, 15) is 10.2 Å². The molecule has 4 aliphatic rings. The number of hydrogen-bond acceptors (Lipinski definition) is 4. The third kappa shape index (κ3) is 3.14. The standard InChI is InChI=1S/C20H28BrNO3/c1-12-18-17(9-8-15-7-6-14(21)11-22-15)16-5-3-2-4-13(16)10-20(18,24)19(23)25-12/h6-9,12-13,16-19,22-24H,2-5,10-11H2,1H3/b9-8+/t12-,13+,16?,17?,18+,19?,20+/m1/s1. The highest BCUT2D eigenvalue weighted by Gasteiger charge is 2.61. The van der Waals surface area contributed by atoms with Crippen molar-refractivity contribution >= 4 is 15.9 Å². The van der Waals surface area contributed by atoms with Crippen LogP contribution in [0.4, 0.5) is 0 Å². The Labute approximate surface area is 158 Å². The molecule has 0 spiro atoms. The summed E-state index contributed by atoms with van der Waals surface area (Å²) in [7, 11) is 0. The molecule has 0 aromatic rings. The van der Waals surface area contributed by atoms with Crippen molar-refractivity contribution in [2.45, 2.75) is 57.0 Å². The summed E-state index contributed by atoms with van der Waals surface area (Å²) in [6.45, 7) is 2.80. The van der Waals surface area contributed by atoms with Crippen molar-refractivity contribution in [2.24, 2.45) is 23.7 Å². The zero-order valence-corrected chi connectivity index (χ0v) is 16.3. The van der Waals surface area contributed by atoms with Crippen LogP contribution in [0, 0.1) is 23.7 Å². The number of dihydropyridines is 1. The first kappa shape index (κ1) is 17.8. The first-order valence-electron chi connectivity index (χ1n) is 9.53. The lowest BCUT2D eigenvalue weighted by molar-refractivity contribution is -0.193. The second kappa shape index (κ2) is 6.84.